The quantitative estimate of drug-likeness (QED) is 0.0199. The first kappa shape index (κ1) is 53.3. The van der Waals surface area contributed by atoms with Gasteiger partial charge >= 0.3 is 12.1 Å². The Kier molecular flexibility index (Phi) is 19.9. The maximum absolute atomic E-state index is 14.1. The fraction of sp³-hybridized carbons (Fsp3) is 0.468. The van der Waals surface area contributed by atoms with E-state index < -0.39 is 60.5 Å². The lowest BCUT2D eigenvalue weighted by Gasteiger charge is -2.38. The zero-order valence-corrected chi connectivity index (χ0v) is 38.7. The van der Waals surface area contributed by atoms with Crippen molar-refractivity contribution in [2.45, 2.75) is 37.3 Å². The molecule has 23 nitrogen and oxygen atoms in total. The van der Waals surface area contributed by atoms with E-state index in [-0.39, 0.29) is 57.4 Å². The molecule has 2 aliphatic rings. The number of carbonyl (C=O) groups excluding carboxylic acids is 4. The smallest absolute Gasteiger partial charge is 0.409 e. The molecule has 4 aromatic rings. The van der Waals surface area contributed by atoms with Gasteiger partial charge in [-0.3, -0.25) is 19.3 Å². The van der Waals surface area contributed by atoms with Gasteiger partial charge in [-0.2, -0.15) is 0 Å². The Morgan fingerprint density at radius 2 is 1.39 bits per heavy atom. The van der Waals surface area contributed by atoms with Gasteiger partial charge in [-0.25, -0.2) is 15.5 Å². The van der Waals surface area contributed by atoms with Gasteiger partial charge in [-0.15, -0.1) is 0 Å². The highest BCUT2D eigenvalue weighted by molar-refractivity contribution is 6.31. The second kappa shape index (κ2) is 26.2. The molecular weight excluding hydrogens is 925 g/mol. The minimum Gasteiger partial charge on any atom is -0.496 e. The normalized spacial score (nSPS) is 18.8. The molecule has 0 bridgehead atoms. The topological polar surface area (TPSA) is 303 Å². The summed E-state index contributed by atoms with van der Waals surface area (Å²) in [5, 5.41) is 45.9. The molecule has 4 aromatic carbocycles. The van der Waals surface area contributed by atoms with Gasteiger partial charge in [0.15, 0.2) is 6.10 Å². The fourth-order valence-corrected chi connectivity index (χ4v) is 7.55. The number of carboxylic acid groups (broad SMARTS) is 1. The van der Waals surface area contributed by atoms with Gasteiger partial charge < -0.3 is 78.1 Å². The number of hydrogen-bond donors (Lipinski definition) is 6. The highest BCUT2D eigenvalue weighted by Gasteiger charge is 2.48. The third-order valence-electron chi connectivity index (χ3n) is 11.2. The van der Waals surface area contributed by atoms with Crippen LogP contribution in [0.4, 0.5) is 4.79 Å². The number of amides is 4. The number of nitrogens with two attached hydrogens (primary N) is 1. The number of hydrogen-bond acceptors (Lipinski definition) is 19. The average molecular weight is 983 g/mol. The summed E-state index contributed by atoms with van der Waals surface area (Å²) >= 11 is 0. The van der Waals surface area contributed by atoms with Crippen molar-refractivity contribution in [2.75, 3.05) is 106 Å². The van der Waals surface area contributed by atoms with E-state index in [9.17, 15) is 44.4 Å². The predicted molar refractivity (Wildman–Crippen MR) is 244 cm³/mol. The molecular formula is C47H58N4O19. The molecule has 5 atom stereocenters. The lowest BCUT2D eigenvalue weighted by molar-refractivity contribution is -0.271. The van der Waals surface area contributed by atoms with Gasteiger partial charge in [0, 0.05) is 43.0 Å². The van der Waals surface area contributed by atoms with Gasteiger partial charge in [0.1, 0.15) is 36.4 Å². The lowest BCUT2D eigenvalue weighted by atomic mass is 9.89. The van der Waals surface area contributed by atoms with Crippen LogP contribution in [-0.4, -0.2) is 197 Å². The van der Waals surface area contributed by atoms with Crippen molar-refractivity contribution in [3.63, 3.8) is 0 Å². The number of carbonyl (C=O) groups is 5. The van der Waals surface area contributed by atoms with E-state index in [1.165, 1.54) is 37.3 Å². The van der Waals surface area contributed by atoms with Crippen LogP contribution in [0.2, 0.25) is 0 Å². The Hall–Kier alpha value is -6.09. The van der Waals surface area contributed by atoms with Crippen LogP contribution in [0.15, 0.2) is 60.7 Å². The Morgan fingerprint density at radius 3 is 2.03 bits per heavy atom. The van der Waals surface area contributed by atoms with Crippen molar-refractivity contribution in [1.29, 1.82) is 0 Å². The number of rotatable bonds is 28. The van der Waals surface area contributed by atoms with Crippen molar-refractivity contribution in [3.05, 3.63) is 82.9 Å². The van der Waals surface area contributed by atoms with Crippen LogP contribution < -0.4 is 20.7 Å². The van der Waals surface area contributed by atoms with E-state index in [2.05, 4.69) is 10.2 Å². The summed E-state index contributed by atoms with van der Waals surface area (Å²) in [5.41, 5.74) is 0.799. The Morgan fingerprint density at radius 1 is 0.757 bits per heavy atom. The number of nitrogens with one attached hydrogen (secondary N) is 1. The van der Waals surface area contributed by atoms with Crippen molar-refractivity contribution < 1.29 is 91.9 Å². The van der Waals surface area contributed by atoms with Gasteiger partial charge in [0.25, 0.3) is 17.7 Å². The highest BCUT2D eigenvalue weighted by atomic mass is 16.7. The molecule has 2 heterocycles. The zero-order valence-electron chi connectivity index (χ0n) is 38.7. The minimum absolute atomic E-state index is 0.0128. The number of benzene rings is 4. The largest absolute Gasteiger partial charge is 0.496 e. The van der Waals surface area contributed by atoms with Crippen LogP contribution >= 0.6 is 0 Å². The number of aliphatic hydroxyl groups is 3. The number of aliphatic hydroxyl groups excluding tert-OH is 3. The Balaban J connectivity index is 1.01. The Bertz CT molecular complexity index is 2440. The zero-order chi connectivity index (χ0) is 50.2. The second-order valence-corrected chi connectivity index (χ2v) is 15.8. The molecule has 380 valence electrons. The summed E-state index contributed by atoms with van der Waals surface area (Å²) in [6.45, 7) is 2.85. The summed E-state index contributed by atoms with van der Waals surface area (Å²) in [5.74, 6) is 1.81. The molecule has 70 heavy (non-hydrogen) atoms. The molecule has 6 rings (SSSR count). The van der Waals surface area contributed by atoms with Gasteiger partial charge in [0.05, 0.1) is 90.9 Å². The van der Waals surface area contributed by atoms with E-state index in [0.29, 0.717) is 91.5 Å². The third kappa shape index (κ3) is 13.4. The molecule has 2 aliphatic heterocycles. The van der Waals surface area contributed by atoms with Crippen LogP contribution in [0, 0.1) is 0 Å². The number of nitrogens with zero attached hydrogens (tertiary/aromatic N) is 2. The molecule has 0 unspecified atom stereocenters. The molecule has 0 spiro atoms. The van der Waals surface area contributed by atoms with Crippen molar-refractivity contribution >= 4 is 51.3 Å². The first-order valence-electron chi connectivity index (χ1n) is 22.3. The highest BCUT2D eigenvalue weighted by Crippen LogP contribution is 2.40. The fourth-order valence-electron chi connectivity index (χ4n) is 7.55. The van der Waals surface area contributed by atoms with E-state index in [1.54, 1.807) is 18.2 Å². The summed E-state index contributed by atoms with van der Waals surface area (Å²) in [4.78, 5) is 73.1. The van der Waals surface area contributed by atoms with Crippen molar-refractivity contribution in [2.24, 2.45) is 5.90 Å². The minimum atomic E-state index is -1.98. The van der Waals surface area contributed by atoms with Crippen LogP contribution in [0.1, 0.15) is 36.6 Å². The monoisotopic (exact) mass is 982 g/mol. The molecule has 7 N–H and O–H groups in total. The summed E-state index contributed by atoms with van der Waals surface area (Å²) in [7, 11) is 2.94. The molecule has 0 radical (unpaired) electrons. The van der Waals surface area contributed by atoms with Gasteiger partial charge in [-0.1, -0.05) is 30.3 Å². The first-order chi connectivity index (χ1) is 33.9. The van der Waals surface area contributed by atoms with Crippen molar-refractivity contribution in [1.82, 2.24) is 15.1 Å². The number of likely N-dealkylation sites (N-methyl/N-ethyl adjacent to an activating group) is 1. The second-order valence-electron chi connectivity index (χ2n) is 15.8. The van der Waals surface area contributed by atoms with Crippen LogP contribution in [0.5, 0.6) is 11.5 Å². The van der Waals surface area contributed by atoms with E-state index in [1.807, 2.05) is 24.3 Å². The van der Waals surface area contributed by atoms with Crippen molar-refractivity contribution in [3.8, 4) is 11.5 Å². The molecule has 0 saturated carbocycles. The summed E-state index contributed by atoms with van der Waals surface area (Å²) in [6.07, 6.45) is -10.5. The van der Waals surface area contributed by atoms with Gasteiger partial charge in [0.2, 0.25) is 6.29 Å². The first-order valence-corrected chi connectivity index (χ1v) is 22.3. The maximum atomic E-state index is 14.1. The number of carboxylic acids is 1. The van der Waals surface area contributed by atoms with Crippen LogP contribution in [0.3, 0.4) is 0 Å². The van der Waals surface area contributed by atoms with Crippen LogP contribution in [-0.2, 0) is 49.4 Å². The third-order valence-corrected chi connectivity index (χ3v) is 11.2. The SMILES string of the molecule is COc1ccc2c3c(c4ccccc4cc13)C(=O)N(CCN(C)C(=O)OCc1ccc(O[C@@H]3O[C@H](C(=O)O)[C@@H](O)[C@H](O)[C@H]3O)c(C(=O)NCCOCCOCCOCCOCCOCCON)c1)C2=O. The lowest BCUT2D eigenvalue weighted by Crippen LogP contribution is -2.61. The number of ether oxygens (including phenoxy) is 9. The summed E-state index contributed by atoms with van der Waals surface area (Å²) < 4.78 is 49.2. The molecule has 1 saturated heterocycles. The number of aliphatic carboxylic acids is 1. The van der Waals surface area contributed by atoms with E-state index >= 15 is 0 Å². The molecule has 1 fully saturated rings. The van der Waals surface area contributed by atoms with E-state index in [0.717, 1.165) is 10.3 Å². The number of methoxy groups -OCH3 is 1. The van der Waals surface area contributed by atoms with Gasteiger partial charge in [-0.05, 0) is 46.7 Å². The van der Waals surface area contributed by atoms with Crippen LogP contribution in [0.25, 0.3) is 21.5 Å². The molecule has 4 amide bonds. The standard InChI is InChI=1S/C47H58N4O19/c1-50(12-13-51-43(56)31-8-10-34(61-2)32-26-29-5-3-4-6-30(29)37(36(31)32)44(51)57)47(60)67-27-28-7-9-35(69-46-40(54)38(52)39(53)41(70-46)45(58)59)33(25-28)42(55)49-11-14-62-15-16-63-17-18-64-19-20-65-21-22-66-23-24-68-48/h3-10,25-26,38-41,46,52-54H,11-24,27,48H2,1-2H3,(H,49,55)(H,58,59)/t38-,39-,40+,41-,46+/m0/s1. The Labute approximate surface area is 401 Å². The number of imide groups is 1. The predicted octanol–water partition coefficient (Wildman–Crippen LogP) is 0.840. The molecule has 23 heteroatoms. The average Bonchev–Trinajstić information content (AvgIpc) is 3.36. The molecule has 0 aromatic heterocycles. The number of fused-ring (bicyclic) bond motifs is 2. The summed E-state index contributed by atoms with van der Waals surface area (Å²) in [6, 6.07) is 16.5. The molecule has 0 aliphatic carbocycles. The van der Waals surface area contributed by atoms with E-state index in [4.69, 9.17) is 48.5 Å². The maximum Gasteiger partial charge on any atom is 0.409 e.